The molecular weight excluding hydrogens is 390 g/mol. The highest BCUT2D eigenvalue weighted by atomic mass is 32.2. The number of rotatable bonds is 4. The van der Waals surface area contributed by atoms with Gasteiger partial charge in [0, 0.05) is 4.75 Å². The van der Waals surface area contributed by atoms with E-state index < -0.39 is 45.5 Å². The molecule has 2 heterocycles. The second-order valence-corrected chi connectivity index (χ2v) is 11.3. The zero-order chi connectivity index (χ0) is 21.9. The molecule has 0 spiro atoms. The van der Waals surface area contributed by atoms with Crippen LogP contribution in [0.25, 0.3) is 0 Å². The minimum Gasteiger partial charge on any atom is -0.480 e. The highest BCUT2D eigenvalue weighted by Crippen LogP contribution is 2.54. The van der Waals surface area contributed by atoms with E-state index in [1.807, 2.05) is 24.3 Å². The number of carboxylic acids is 1. The molecule has 7 nitrogen and oxygen atoms in total. The Morgan fingerprint density at radius 1 is 1.21 bits per heavy atom. The molecule has 158 valence electrons. The summed E-state index contributed by atoms with van der Waals surface area (Å²) < 4.78 is -0.653. The molecule has 3 rings (SSSR count). The fraction of sp³-hybridized carbons (Fsp3) is 0.571. The van der Waals surface area contributed by atoms with Gasteiger partial charge in [-0.1, -0.05) is 45.0 Å². The first-order chi connectivity index (χ1) is 13.2. The maximum atomic E-state index is 12.8. The molecule has 2 amide bonds. The SMILES string of the molecule is CC(C)(C)c1ccc(C(N)C(=O)NC2(C)C(=O)N3[C@@H](C(=O)O)C(C)(C)S[C@@H]32)cc1. The number of aliphatic carboxylic acids is 1. The van der Waals surface area contributed by atoms with Gasteiger partial charge in [0.1, 0.15) is 23.0 Å². The van der Waals surface area contributed by atoms with Crippen molar-refractivity contribution in [3.8, 4) is 0 Å². The van der Waals surface area contributed by atoms with Crippen LogP contribution in [0.1, 0.15) is 58.7 Å². The third-order valence-corrected chi connectivity index (χ3v) is 7.56. The number of thioether (sulfide) groups is 1. The Morgan fingerprint density at radius 3 is 2.24 bits per heavy atom. The van der Waals surface area contributed by atoms with E-state index >= 15 is 0 Å². The molecule has 8 heteroatoms. The maximum absolute atomic E-state index is 12.8. The van der Waals surface area contributed by atoms with E-state index in [0.29, 0.717) is 5.56 Å². The monoisotopic (exact) mass is 419 g/mol. The van der Waals surface area contributed by atoms with Crippen LogP contribution in [0, 0.1) is 0 Å². The van der Waals surface area contributed by atoms with Crippen molar-refractivity contribution in [2.24, 2.45) is 5.73 Å². The fourth-order valence-electron chi connectivity index (χ4n) is 4.01. The molecule has 4 N–H and O–H groups in total. The molecule has 0 aliphatic carbocycles. The van der Waals surface area contributed by atoms with Crippen LogP contribution >= 0.6 is 11.8 Å². The van der Waals surface area contributed by atoms with Crippen molar-refractivity contribution in [3.05, 3.63) is 35.4 Å². The van der Waals surface area contributed by atoms with Gasteiger partial charge in [-0.05, 0) is 37.3 Å². The average molecular weight is 420 g/mol. The number of carboxylic acid groups (broad SMARTS) is 1. The van der Waals surface area contributed by atoms with Crippen LogP contribution in [-0.2, 0) is 19.8 Å². The first kappa shape index (κ1) is 21.6. The first-order valence-electron chi connectivity index (χ1n) is 9.61. The maximum Gasteiger partial charge on any atom is 0.327 e. The number of benzene rings is 1. The Morgan fingerprint density at radius 2 is 1.76 bits per heavy atom. The highest BCUT2D eigenvalue weighted by molar-refractivity contribution is 8.01. The third kappa shape index (κ3) is 3.42. The van der Waals surface area contributed by atoms with E-state index in [4.69, 9.17) is 5.73 Å². The molecule has 0 bridgehead atoms. The van der Waals surface area contributed by atoms with Gasteiger partial charge in [0.2, 0.25) is 5.91 Å². The molecule has 29 heavy (non-hydrogen) atoms. The van der Waals surface area contributed by atoms with E-state index in [-0.39, 0.29) is 5.41 Å². The van der Waals surface area contributed by atoms with Crippen LogP contribution in [-0.4, -0.2) is 49.5 Å². The number of nitrogens with two attached hydrogens (primary N) is 1. The molecule has 4 atom stereocenters. The van der Waals surface area contributed by atoms with E-state index in [9.17, 15) is 19.5 Å². The summed E-state index contributed by atoms with van der Waals surface area (Å²) in [6, 6.07) is 5.72. The van der Waals surface area contributed by atoms with Gasteiger partial charge in [-0.25, -0.2) is 4.79 Å². The second kappa shape index (κ2) is 6.74. The lowest BCUT2D eigenvalue weighted by Gasteiger charge is -2.51. The van der Waals surface area contributed by atoms with Crippen molar-refractivity contribution < 1.29 is 19.5 Å². The van der Waals surface area contributed by atoms with Gasteiger partial charge in [-0.3, -0.25) is 9.59 Å². The number of nitrogens with one attached hydrogen (secondary N) is 1. The van der Waals surface area contributed by atoms with Gasteiger partial charge in [-0.2, -0.15) is 0 Å². The van der Waals surface area contributed by atoms with Crippen molar-refractivity contribution in [1.82, 2.24) is 10.2 Å². The van der Waals surface area contributed by atoms with E-state index in [1.165, 1.54) is 16.7 Å². The van der Waals surface area contributed by atoms with Gasteiger partial charge in [0.05, 0.1) is 0 Å². The minimum atomic E-state index is -1.17. The van der Waals surface area contributed by atoms with E-state index in [1.54, 1.807) is 20.8 Å². The molecule has 2 aliphatic rings. The molecule has 0 aromatic heterocycles. The van der Waals surface area contributed by atoms with Crippen LogP contribution < -0.4 is 11.1 Å². The van der Waals surface area contributed by atoms with Crippen LogP contribution in [0.2, 0.25) is 0 Å². The zero-order valence-electron chi connectivity index (χ0n) is 17.6. The molecule has 1 aromatic rings. The largest absolute Gasteiger partial charge is 0.480 e. The number of hydrogen-bond acceptors (Lipinski definition) is 5. The summed E-state index contributed by atoms with van der Waals surface area (Å²) in [5.41, 5.74) is 6.77. The number of fused-ring (bicyclic) bond motifs is 1. The van der Waals surface area contributed by atoms with Gasteiger partial charge >= 0.3 is 5.97 Å². The Labute approximate surface area is 175 Å². The first-order valence-corrected chi connectivity index (χ1v) is 10.5. The van der Waals surface area contributed by atoms with Gasteiger partial charge in [0.25, 0.3) is 5.91 Å². The van der Waals surface area contributed by atoms with E-state index in [2.05, 4.69) is 26.1 Å². The normalized spacial score (nSPS) is 29.1. The van der Waals surface area contributed by atoms with Crippen molar-refractivity contribution in [2.45, 2.75) is 74.7 Å². The Kier molecular flexibility index (Phi) is 5.03. The number of amides is 2. The Bertz CT molecular complexity index is 862. The molecule has 2 saturated heterocycles. The molecule has 2 fully saturated rings. The van der Waals surface area contributed by atoms with Gasteiger partial charge in [0.15, 0.2) is 0 Å². The number of carbonyl (C=O) groups is 3. The van der Waals surface area contributed by atoms with Crippen molar-refractivity contribution in [3.63, 3.8) is 0 Å². The Balaban J connectivity index is 1.76. The summed E-state index contributed by atoms with van der Waals surface area (Å²) in [6.45, 7) is 11.6. The quantitative estimate of drug-likeness (QED) is 0.644. The van der Waals surface area contributed by atoms with Crippen molar-refractivity contribution >= 4 is 29.5 Å². The predicted octanol–water partition coefficient (Wildman–Crippen LogP) is 2.01. The zero-order valence-corrected chi connectivity index (χ0v) is 18.5. The van der Waals surface area contributed by atoms with Crippen LogP contribution in [0.5, 0.6) is 0 Å². The summed E-state index contributed by atoms with van der Waals surface area (Å²) >= 11 is 1.39. The summed E-state index contributed by atoms with van der Waals surface area (Å²) in [5, 5.41) is 11.9. The van der Waals surface area contributed by atoms with Crippen molar-refractivity contribution in [2.75, 3.05) is 0 Å². The summed E-state index contributed by atoms with van der Waals surface area (Å²) in [4.78, 5) is 38.6. The topological polar surface area (TPSA) is 113 Å². The van der Waals surface area contributed by atoms with E-state index in [0.717, 1.165) is 5.56 Å². The van der Waals surface area contributed by atoms with Gasteiger partial charge in [-0.15, -0.1) is 11.8 Å². The molecular formula is C21H29N3O4S. The number of hydrogen-bond donors (Lipinski definition) is 3. The van der Waals surface area contributed by atoms with Crippen LogP contribution in [0.15, 0.2) is 24.3 Å². The van der Waals surface area contributed by atoms with Crippen molar-refractivity contribution in [1.29, 1.82) is 0 Å². The molecule has 0 radical (unpaired) electrons. The predicted molar refractivity (Wildman–Crippen MR) is 112 cm³/mol. The average Bonchev–Trinajstić information content (AvgIpc) is 2.89. The lowest BCUT2D eigenvalue weighted by molar-refractivity contribution is -0.168. The van der Waals surface area contributed by atoms with Crippen LogP contribution in [0.4, 0.5) is 0 Å². The summed E-state index contributed by atoms with van der Waals surface area (Å²) in [7, 11) is 0. The summed E-state index contributed by atoms with van der Waals surface area (Å²) in [5.74, 6) is -1.89. The van der Waals surface area contributed by atoms with Crippen LogP contribution in [0.3, 0.4) is 0 Å². The van der Waals surface area contributed by atoms with Gasteiger partial charge < -0.3 is 21.1 Å². The Hall–Kier alpha value is -2.06. The summed E-state index contributed by atoms with van der Waals surface area (Å²) in [6.07, 6.45) is 0. The lowest BCUT2D eigenvalue weighted by atomic mass is 9.85. The highest BCUT2D eigenvalue weighted by Gasteiger charge is 2.70. The molecule has 2 unspecified atom stereocenters. The fourth-order valence-corrected chi connectivity index (χ4v) is 5.66. The molecule has 1 aromatic carbocycles. The standard InChI is InChI=1S/C21H29N3O4S/c1-19(2,3)12-9-7-11(8-10-12)13(22)15(25)23-21(6)17(28)24-14(16(26)27)20(4,5)29-18(21)24/h7-10,13-14,18H,22H2,1-6H3,(H,23,25)(H,26,27)/t13?,14-,18+,21?/m0/s1. The smallest absolute Gasteiger partial charge is 0.327 e. The lowest BCUT2D eigenvalue weighted by Crippen LogP contribution is -2.78. The third-order valence-electron chi connectivity index (χ3n) is 5.81. The minimum absolute atomic E-state index is 0.00660. The second-order valence-electron chi connectivity index (χ2n) is 9.57. The number of nitrogens with zero attached hydrogens (tertiary/aromatic N) is 1. The number of carbonyl (C=O) groups excluding carboxylic acids is 2. The molecule has 0 saturated carbocycles. The number of β-lactam (4-membered cyclic amide) rings is 1. The molecule has 2 aliphatic heterocycles.